The molecule has 0 saturated heterocycles. The Balaban J connectivity index is 1.57. The van der Waals surface area contributed by atoms with Crippen LogP contribution in [0.15, 0.2) is 62.7 Å². The summed E-state index contributed by atoms with van der Waals surface area (Å²) in [6, 6.07) is 13.5. The van der Waals surface area contributed by atoms with Gasteiger partial charge in [0, 0.05) is 10.0 Å². The van der Waals surface area contributed by atoms with Crippen molar-refractivity contribution in [2.75, 3.05) is 0 Å². The van der Waals surface area contributed by atoms with Gasteiger partial charge in [-0.05, 0) is 42.0 Å². The molecular formula is C16H11BrFN3O2. The van der Waals surface area contributed by atoms with Gasteiger partial charge < -0.3 is 9.36 Å². The zero-order chi connectivity index (χ0) is 16.1. The minimum atomic E-state index is -0.317. The molecule has 2 aromatic carbocycles. The number of benzene rings is 2. The standard InChI is InChI=1S/C16H11BrFN3O2/c17-13-5-1-11(2-6-13)9-19-22-10-15-20-16(21-23-15)12-3-7-14(18)8-4-12/h1-9H,10H2/b19-9-. The van der Waals surface area contributed by atoms with E-state index in [2.05, 4.69) is 31.2 Å². The predicted molar refractivity (Wildman–Crippen MR) is 86.2 cm³/mol. The maximum Gasteiger partial charge on any atom is 0.267 e. The lowest BCUT2D eigenvalue weighted by Crippen LogP contribution is -1.89. The summed E-state index contributed by atoms with van der Waals surface area (Å²) in [6.45, 7) is 0.0568. The zero-order valence-corrected chi connectivity index (χ0v) is 13.4. The van der Waals surface area contributed by atoms with Gasteiger partial charge in [-0.3, -0.25) is 0 Å². The molecule has 23 heavy (non-hydrogen) atoms. The van der Waals surface area contributed by atoms with Crippen molar-refractivity contribution in [1.82, 2.24) is 10.1 Å². The lowest BCUT2D eigenvalue weighted by molar-refractivity contribution is 0.107. The monoisotopic (exact) mass is 375 g/mol. The van der Waals surface area contributed by atoms with Crippen LogP contribution in [-0.2, 0) is 11.4 Å². The van der Waals surface area contributed by atoms with E-state index >= 15 is 0 Å². The highest BCUT2D eigenvalue weighted by molar-refractivity contribution is 9.10. The fraction of sp³-hybridized carbons (Fsp3) is 0.0625. The molecule has 3 rings (SSSR count). The van der Waals surface area contributed by atoms with Crippen molar-refractivity contribution < 1.29 is 13.8 Å². The summed E-state index contributed by atoms with van der Waals surface area (Å²) in [4.78, 5) is 9.28. The molecule has 7 heteroatoms. The Kier molecular flexibility index (Phi) is 4.77. The SMILES string of the molecule is Fc1ccc(-c2noc(CO/N=C\c3ccc(Br)cc3)n2)cc1. The van der Waals surface area contributed by atoms with Gasteiger partial charge in [0.2, 0.25) is 5.82 Å². The zero-order valence-electron chi connectivity index (χ0n) is 11.8. The van der Waals surface area contributed by atoms with E-state index < -0.39 is 0 Å². The first kappa shape index (κ1) is 15.4. The third-order valence-corrected chi connectivity index (χ3v) is 3.43. The summed E-state index contributed by atoms with van der Waals surface area (Å²) in [5, 5.41) is 7.66. The molecule has 0 saturated carbocycles. The highest BCUT2D eigenvalue weighted by atomic mass is 79.9. The van der Waals surface area contributed by atoms with E-state index in [0.29, 0.717) is 11.4 Å². The van der Waals surface area contributed by atoms with E-state index in [0.717, 1.165) is 10.0 Å². The molecule has 1 aromatic heterocycles. The molecule has 0 bridgehead atoms. The molecule has 0 radical (unpaired) electrons. The average molecular weight is 376 g/mol. The molecule has 0 amide bonds. The highest BCUT2D eigenvalue weighted by Gasteiger charge is 2.08. The summed E-state index contributed by atoms with van der Waals surface area (Å²) in [6.07, 6.45) is 1.59. The largest absolute Gasteiger partial charge is 0.386 e. The lowest BCUT2D eigenvalue weighted by Gasteiger charge is -1.95. The first-order valence-electron chi connectivity index (χ1n) is 6.70. The molecule has 0 aliphatic heterocycles. The van der Waals surface area contributed by atoms with E-state index in [1.165, 1.54) is 12.1 Å². The van der Waals surface area contributed by atoms with Gasteiger partial charge >= 0.3 is 0 Å². The maximum absolute atomic E-state index is 12.9. The molecule has 1 heterocycles. The average Bonchev–Trinajstić information content (AvgIpc) is 3.03. The second kappa shape index (κ2) is 7.15. The molecule has 0 atom stereocenters. The van der Waals surface area contributed by atoms with Crippen LogP contribution in [0.25, 0.3) is 11.4 Å². The molecule has 3 aromatic rings. The highest BCUT2D eigenvalue weighted by Crippen LogP contribution is 2.16. The number of hydrogen-bond donors (Lipinski definition) is 0. The summed E-state index contributed by atoms with van der Waals surface area (Å²) in [7, 11) is 0. The number of nitrogens with zero attached hydrogens (tertiary/aromatic N) is 3. The minimum absolute atomic E-state index is 0.0568. The van der Waals surface area contributed by atoms with E-state index in [4.69, 9.17) is 9.36 Å². The summed E-state index contributed by atoms with van der Waals surface area (Å²) in [5.41, 5.74) is 1.57. The molecular weight excluding hydrogens is 365 g/mol. The van der Waals surface area contributed by atoms with Crippen molar-refractivity contribution in [1.29, 1.82) is 0 Å². The third-order valence-electron chi connectivity index (χ3n) is 2.90. The van der Waals surface area contributed by atoms with Crippen molar-refractivity contribution in [2.45, 2.75) is 6.61 Å². The number of hydrogen-bond acceptors (Lipinski definition) is 5. The lowest BCUT2D eigenvalue weighted by atomic mass is 10.2. The van der Waals surface area contributed by atoms with Gasteiger partial charge in [-0.2, -0.15) is 4.98 Å². The van der Waals surface area contributed by atoms with Crippen LogP contribution >= 0.6 is 15.9 Å². The van der Waals surface area contributed by atoms with Gasteiger partial charge in [0.1, 0.15) is 5.82 Å². The quantitative estimate of drug-likeness (QED) is 0.495. The molecule has 0 fully saturated rings. The normalized spacial score (nSPS) is 11.0. The molecule has 0 N–H and O–H groups in total. The van der Waals surface area contributed by atoms with E-state index in [1.54, 1.807) is 18.3 Å². The van der Waals surface area contributed by atoms with Crippen LogP contribution in [0.3, 0.4) is 0 Å². The van der Waals surface area contributed by atoms with Crippen molar-refractivity contribution in [3.63, 3.8) is 0 Å². The van der Waals surface area contributed by atoms with Gasteiger partial charge in [0.25, 0.3) is 5.89 Å². The van der Waals surface area contributed by atoms with Gasteiger partial charge in [-0.15, -0.1) is 0 Å². The Morgan fingerprint density at radius 1 is 1.13 bits per heavy atom. The summed E-state index contributed by atoms with van der Waals surface area (Å²) < 4.78 is 18.9. The van der Waals surface area contributed by atoms with Gasteiger partial charge in [0.15, 0.2) is 6.61 Å². The molecule has 0 spiro atoms. The number of aromatic nitrogens is 2. The van der Waals surface area contributed by atoms with E-state index in [-0.39, 0.29) is 18.3 Å². The molecule has 5 nitrogen and oxygen atoms in total. The van der Waals surface area contributed by atoms with Crippen LogP contribution in [0.2, 0.25) is 0 Å². The van der Waals surface area contributed by atoms with Crippen molar-refractivity contribution >= 4 is 22.1 Å². The molecule has 116 valence electrons. The number of oxime groups is 1. The Labute approximate surface area is 139 Å². The molecule has 0 unspecified atom stereocenters. The first-order valence-corrected chi connectivity index (χ1v) is 7.49. The van der Waals surface area contributed by atoms with Gasteiger partial charge in [0.05, 0.1) is 6.21 Å². The first-order chi connectivity index (χ1) is 11.2. The van der Waals surface area contributed by atoms with Crippen LogP contribution in [0.5, 0.6) is 0 Å². The Bertz CT molecular complexity index is 801. The van der Waals surface area contributed by atoms with Crippen molar-refractivity contribution in [2.24, 2.45) is 5.16 Å². The minimum Gasteiger partial charge on any atom is -0.386 e. The second-order valence-corrected chi connectivity index (χ2v) is 5.49. The van der Waals surface area contributed by atoms with E-state index in [1.807, 2.05) is 24.3 Å². The second-order valence-electron chi connectivity index (χ2n) is 4.58. The topological polar surface area (TPSA) is 60.5 Å². The Morgan fingerprint density at radius 3 is 2.61 bits per heavy atom. The van der Waals surface area contributed by atoms with E-state index in [9.17, 15) is 4.39 Å². The van der Waals surface area contributed by atoms with Crippen molar-refractivity contribution in [3.8, 4) is 11.4 Å². The predicted octanol–water partition coefficient (Wildman–Crippen LogP) is 4.19. The smallest absolute Gasteiger partial charge is 0.267 e. The molecule has 0 aliphatic rings. The van der Waals surface area contributed by atoms with Crippen LogP contribution in [-0.4, -0.2) is 16.4 Å². The van der Waals surface area contributed by atoms with Crippen LogP contribution in [0, 0.1) is 5.82 Å². The van der Waals surface area contributed by atoms with Crippen LogP contribution in [0.1, 0.15) is 11.5 Å². The number of rotatable bonds is 5. The van der Waals surface area contributed by atoms with Gasteiger partial charge in [-0.1, -0.05) is 38.4 Å². The Hall–Kier alpha value is -2.54. The summed E-state index contributed by atoms with van der Waals surface area (Å²) in [5.74, 6) is 0.348. The molecule has 0 aliphatic carbocycles. The van der Waals surface area contributed by atoms with Crippen LogP contribution in [0.4, 0.5) is 4.39 Å². The Morgan fingerprint density at radius 2 is 1.87 bits per heavy atom. The van der Waals surface area contributed by atoms with Crippen LogP contribution < -0.4 is 0 Å². The van der Waals surface area contributed by atoms with Gasteiger partial charge in [-0.25, -0.2) is 4.39 Å². The maximum atomic E-state index is 12.9. The fourth-order valence-electron chi connectivity index (χ4n) is 1.77. The third kappa shape index (κ3) is 4.23. The van der Waals surface area contributed by atoms with Crippen molar-refractivity contribution in [3.05, 3.63) is 70.3 Å². The summed E-state index contributed by atoms with van der Waals surface area (Å²) >= 11 is 3.36. The fourth-order valence-corrected chi connectivity index (χ4v) is 2.03. The number of halogens is 2.